The van der Waals surface area contributed by atoms with Crippen LogP contribution in [0.3, 0.4) is 0 Å². The molecule has 1 rings (SSSR count). The molecule has 14 heavy (non-hydrogen) atoms. The Kier molecular flexibility index (Phi) is 2.79. The fourth-order valence-electron chi connectivity index (χ4n) is 0.842. The summed E-state index contributed by atoms with van der Waals surface area (Å²) in [6.07, 6.45) is 1.33. The van der Waals surface area contributed by atoms with E-state index in [1.54, 1.807) is 0 Å². The first-order valence-corrected chi connectivity index (χ1v) is 5.42. The van der Waals surface area contributed by atoms with Crippen molar-refractivity contribution in [2.75, 3.05) is 6.26 Å². The minimum Gasteiger partial charge on any atom is -0.228 e. The van der Waals surface area contributed by atoms with Gasteiger partial charge in [0, 0.05) is 12.5 Å². The number of pyridine rings is 1. The van der Waals surface area contributed by atoms with Crippen LogP contribution in [0.4, 0.5) is 13.2 Å². The van der Waals surface area contributed by atoms with E-state index in [4.69, 9.17) is 0 Å². The van der Waals surface area contributed by atoms with Crippen molar-refractivity contribution in [1.82, 2.24) is 4.98 Å². The van der Waals surface area contributed by atoms with Crippen molar-refractivity contribution in [2.45, 2.75) is 5.50 Å². The van der Waals surface area contributed by atoms with Gasteiger partial charge in [-0.2, -0.15) is 4.39 Å². The minimum absolute atomic E-state index is 0.545. The molecule has 3 nitrogen and oxygen atoms in total. The Hall–Kier alpha value is -1.11. The molecule has 0 aliphatic heterocycles. The van der Waals surface area contributed by atoms with Crippen LogP contribution in [0.2, 0.25) is 0 Å². The van der Waals surface area contributed by atoms with E-state index in [0.29, 0.717) is 12.3 Å². The monoisotopic (exact) mass is 225 g/mol. The minimum atomic E-state index is -4.19. The molecule has 0 aliphatic rings. The first-order valence-electron chi connectivity index (χ1n) is 3.47. The van der Waals surface area contributed by atoms with Crippen molar-refractivity contribution >= 4 is 9.84 Å². The molecular formula is C7H6F3NO2S. The Morgan fingerprint density at radius 3 is 2.43 bits per heavy atom. The molecule has 0 fully saturated rings. The Morgan fingerprint density at radius 2 is 2.00 bits per heavy atom. The van der Waals surface area contributed by atoms with E-state index in [1.165, 1.54) is 0 Å². The smallest absolute Gasteiger partial charge is 0.228 e. The number of alkyl halides is 1. The highest BCUT2D eigenvalue weighted by atomic mass is 32.2. The molecule has 0 bridgehead atoms. The molecular weight excluding hydrogens is 219 g/mol. The summed E-state index contributed by atoms with van der Waals surface area (Å²) in [5.74, 6) is -2.72. The lowest BCUT2D eigenvalue weighted by molar-refractivity contribution is 0.395. The van der Waals surface area contributed by atoms with Gasteiger partial charge in [-0.1, -0.05) is 0 Å². The number of halogens is 3. The highest BCUT2D eigenvalue weighted by Gasteiger charge is 2.29. The van der Waals surface area contributed by atoms with Gasteiger partial charge >= 0.3 is 0 Å². The van der Waals surface area contributed by atoms with Gasteiger partial charge in [-0.25, -0.2) is 22.2 Å². The summed E-state index contributed by atoms with van der Waals surface area (Å²) in [6, 6.07) is 0.691. The fourth-order valence-corrected chi connectivity index (χ4v) is 1.48. The average Bonchev–Trinajstić information content (AvgIpc) is 2.01. The topological polar surface area (TPSA) is 47.0 Å². The van der Waals surface area contributed by atoms with Crippen LogP contribution < -0.4 is 0 Å². The number of rotatable bonds is 2. The number of aromatic nitrogens is 1. The summed E-state index contributed by atoms with van der Waals surface area (Å²) in [7, 11) is -4.19. The largest absolute Gasteiger partial charge is 0.232 e. The molecule has 1 aromatic rings. The van der Waals surface area contributed by atoms with Crippen LogP contribution in [-0.4, -0.2) is 19.7 Å². The van der Waals surface area contributed by atoms with Crippen LogP contribution >= 0.6 is 0 Å². The zero-order valence-electron chi connectivity index (χ0n) is 7.04. The highest BCUT2D eigenvalue weighted by molar-refractivity contribution is 7.90. The Labute approximate surface area is 78.5 Å². The maximum Gasteiger partial charge on any atom is 0.232 e. The van der Waals surface area contributed by atoms with Crippen LogP contribution in [0.15, 0.2) is 12.3 Å². The average molecular weight is 225 g/mol. The first kappa shape index (κ1) is 11.0. The summed E-state index contributed by atoms with van der Waals surface area (Å²) in [6.45, 7) is 0. The third kappa shape index (κ3) is 2.03. The summed E-state index contributed by atoms with van der Waals surface area (Å²) in [5.41, 5.74) is -3.90. The van der Waals surface area contributed by atoms with E-state index in [9.17, 15) is 21.6 Å². The van der Waals surface area contributed by atoms with Crippen molar-refractivity contribution in [3.05, 3.63) is 29.6 Å². The molecule has 0 saturated heterocycles. The van der Waals surface area contributed by atoms with Gasteiger partial charge in [-0.05, 0) is 6.07 Å². The standard InChI is InChI=1S/C7H6F3NO2S/c1-14(12,13)7(10)5-4(8)2-3-11-6(5)9/h2-3,7H,1H3. The normalized spacial score (nSPS) is 14.0. The lowest BCUT2D eigenvalue weighted by atomic mass is 10.3. The van der Waals surface area contributed by atoms with Crippen LogP contribution in [0.5, 0.6) is 0 Å². The van der Waals surface area contributed by atoms with Crippen LogP contribution in [0.25, 0.3) is 0 Å². The number of hydrogen-bond acceptors (Lipinski definition) is 3. The predicted molar refractivity (Wildman–Crippen MR) is 42.8 cm³/mol. The number of hydrogen-bond donors (Lipinski definition) is 0. The molecule has 1 heterocycles. The van der Waals surface area contributed by atoms with Crippen LogP contribution in [0.1, 0.15) is 11.1 Å². The van der Waals surface area contributed by atoms with Gasteiger partial charge in [0.1, 0.15) is 5.82 Å². The highest BCUT2D eigenvalue weighted by Crippen LogP contribution is 2.26. The summed E-state index contributed by atoms with van der Waals surface area (Å²) in [4.78, 5) is 2.96. The summed E-state index contributed by atoms with van der Waals surface area (Å²) < 4.78 is 60.1. The first-order chi connectivity index (χ1) is 6.34. The zero-order valence-corrected chi connectivity index (χ0v) is 7.85. The Bertz CT molecular complexity index is 426. The third-order valence-corrected chi connectivity index (χ3v) is 2.48. The van der Waals surface area contributed by atoms with E-state index in [0.717, 1.165) is 6.20 Å². The van der Waals surface area contributed by atoms with Gasteiger partial charge in [0.25, 0.3) is 0 Å². The molecule has 1 aromatic heterocycles. The van der Waals surface area contributed by atoms with E-state index in [-0.39, 0.29) is 0 Å². The second-order valence-electron chi connectivity index (χ2n) is 2.64. The van der Waals surface area contributed by atoms with Crippen molar-refractivity contribution < 1.29 is 21.6 Å². The van der Waals surface area contributed by atoms with E-state index in [1.807, 2.05) is 0 Å². The van der Waals surface area contributed by atoms with Crippen molar-refractivity contribution in [2.24, 2.45) is 0 Å². The van der Waals surface area contributed by atoms with Gasteiger partial charge in [0.05, 0.1) is 5.56 Å². The Balaban J connectivity index is 3.33. The molecule has 78 valence electrons. The zero-order chi connectivity index (χ0) is 10.9. The Morgan fingerprint density at radius 1 is 1.43 bits per heavy atom. The predicted octanol–water partition coefficient (Wildman–Crippen LogP) is 1.37. The summed E-state index contributed by atoms with van der Waals surface area (Å²) in [5, 5.41) is 0. The van der Waals surface area contributed by atoms with Crippen molar-refractivity contribution in [3.63, 3.8) is 0 Å². The second-order valence-corrected chi connectivity index (χ2v) is 4.72. The molecule has 0 saturated carbocycles. The molecule has 0 radical (unpaired) electrons. The quantitative estimate of drug-likeness (QED) is 0.714. The molecule has 0 N–H and O–H groups in total. The van der Waals surface area contributed by atoms with Gasteiger partial charge in [-0.3, -0.25) is 0 Å². The maximum absolute atomic E-state index is 13.1. The lowest BCUT2D eigenvalue weighted by Gasteiger charge is -2.07. The third-order valence-electron chi connectivity index (χ3n) is 1.49. The van der Waals surface area contributed by atoms with E-state index in [2.05, 4.69) is 4.98 Å². The molecule has 0 spiro atoms. The van der Waals surface area contributed by atoms with Crippen molar-refractivity contribution in [3.8, 4) is 0 Å². The van der Waals surface area contributed by atoms with Gasteiger partial charge in [0.2, 0.25) is 11.5 Å². The van der Waals surface area contributed by atoms with Crippen LogP contribution in [0, 0.1) is 11.8 Å². The second kappa shape index (κ2) is 3.56. The molecule has 1 atom stereocenters. The molecule has 1 unspecified atom stereocenters. The number of nitrogens with zero attached hydrogens (tertiary/aromatic N) is 1. The fraction of sp³-hybridized carbons (Fsp3) is 0.286. The summed E-state index contributed by atoms with van der Waals surface area (Å²) >= 11 is 0. The van der Waals surface area contributed by atoms with Gasteiger partial charge in [-0.15, -0.1) is 0 Å². The molecule has 0 amide bonds. The number of sulfone groups is 1. The maximum atomic E-state index is 13.1. The van der Waals surface area contributed by atoms with Crippen LogP contribution in [-0.2, 0) is 9.84 Å². The van der Waals surface area contributed by atoms with E-state index < -0.39 is 32.7 Å². The van der Waals surface area contributed by atoms with E-state index >= 15 is 0 Å². The van der Waals surface area contributed by atoms with Gasteiger partial charge in [0.15, 0.2) is 9.84 Å². The molecule has 0 aromatic carbocycles. The molecule has 0 aliphatic carbocycles. The lowest BCUT2D eigenvalue weighted by Crippen LogP contribution is -2.11. The SMILES string of the molecule is CS(=O)(=O)C(F)c1c(F)ccnc1F. The van der Waals surface area contributed by atoms with Crippen molar-refractivity contribution in [1.29, 1.82) is 0 Å². The van der Waals surface area contributed by atoms with Gasteiger partial charge < -0.3 is 0 Å². The molecule has 7 heteroatoms.